The third-order valence-corrected chi connectivity index (χ3v) is 1.01. The molecule has 0 rings (SSSR count). The lowest BCUT2D eigenvalue weighted by Crippen LogP contribution is -2.13. The maximum absolute atomic E-state index is 10.7. The molecule has 0 atom stereocenters. The maximum Gasteiger partial charge on any atom is 0.421 e. The van der Waals surface area contributed by atoms with Crippen LogP contribution < -0.4 is 0 Å². The summed E-state index contributed by atoms with van der Waals surface area (Å²) in [6, 6.07) is 0. The van der Waals surface area contributed by atoms with Crippen molar-refractivity contribution in [3.05, 3.63) is 17.7 Å². The predicted molar refractivity (Wildman–Crippen MR) is 40.1 cm³/mol. The van der Waals surface area contributed by atoms with Crippen LogP contribution in [0.4, 0.5) is 0 Å². The highest BCUT2D eigenvalue weighted by molar-refractivity contribution is 6.38. The average Bonchev–Trinajstić information content (AvgIpc) is 2.05. The molecule has 0 spiro atoms. The van der Waals surface area contributed by atoms with Crippen LogP contribution in [0.25, 0.3) is 5.53 Å². The van der Waals surface area contributed by atoms with Gasteiger partial charge in [-0.1, -0.05) is 13.0 Å². The summed E-state index contributed by atoms with van der Waals surface area (Å²) in [5.41, 5.74) is 8.20. The van der Waals surface area contributed by atoms with Crippen molar-refractivity contribution in [3.63, 3.8) is 0 Å². The molecule has 0 aromatic carbocycles. The van der Waals surface area contributed by atoms with Gasteiger partial charge in [-0.15, -0.1) is 0 Å². The van der Waals surface area contributed by atoms with Crippen LogP contribution in [-0.2, 0) is 9.53 Å². The molecule has 0 fully saturated rings. The molecule has 0 aromatic rings. The summed E-state index contributed by atoms with van der Waals surface area (Å²) >= 11 is 0. The van der Waals surface area contributed by atoms with Crippen molar-refractivity contribution in [2.24, 2.45) is 0 Å². The van der Waals surface area contributed by atoms with E-state index in [9.17, 15) is 4.79 Å². The van der Waals surface area contributed by atoms with Crippen LogP contribution in [0.15, 0.2) is 12.2 Å². The largest absolute Gasteiger partial charge is 0.460 e. The topological polar surface area (TPSA) is 62.7 Å². The Bertz CT molecular complexity index is 214. The van der Waals surface area contributed by atoms with Crippen molar-refractivity contribution >= 4 is 11.7 Å². The van der Waals surface area contributed by atoms with Crippen molar-refractivity contribution in [3.8, 4) is 0 Å². The van der Waals surface area contributed by atoms with Crippen molar-refractivity contribution < 1.29 is 14.3 Å². The quantitative estimate of drug-likeness (QED) is 0.261. The number of rotatable bonds is 3. The molecule has 0 bridgehead atoms. The Kier molecular flexibility index (Phi) is 4.69. The van der Waals surface area contributed by atoms with E-state index < -0.39 is 5.97 Å². The lowest BCUT2D eigenvalue weighted by molar-refractivity contribution is -0.137. The number of hydrogen-bond donors (Lipinski definition) is 0. The summed E-state index contributed by atoms with van der Waals surface area (Å²) in [4.78, 5) is 13.4. The summed E-state index contributed by atoms with van der Waals surface area (Å²) in [6.07, 6.45) is 3.88. The second kappa shape index (κ2) is 5.38. The van der Waals surface area contributed by atoms with Gasteiger partial charge in [0.25, 0.3) is 0 Å². The van der Waals surface area contributed by atoms with Gasteiger partial charge >= 0.3 is 11.7 Å². The molecule has 0 amide bonds. The molecule has 4 heteroatoms. The molecule has 4 nitrogen and oxygen atoms in total. The van der Waals surface area contributed by atoms with E-state index in [1.807, 2.05) is 6.92 Å². The maximum atomic E-state index is 10.7. The Balaban J connectivity index is 4.32. The minimum absolute atomic E-state index is 0.0886. The van der Waals surface area contributed by atoms with Crippen molar-refractivity contribution in [2.75, 3.05) is 7.11 Å². The number of hydrogen-bond acceptors (Lipinski definition) is 2. The Hall–Kier alpha value is -1.41. The number of carbonyl (C=O) groups excluding carboxylic acids is 1. The molecule has 0 heterocycles. The summed E-state index contributed by atoms with van der Waals surface area (Å²) in [5.74, 6) is -0.641. The van der Waals surface area contributed by atoms with Crippen LogP contribution >= 0.6 is 0 Å². The fraction of sp³-hybridized carbons (Fsp3) is 0.429. The van der Waals surface area contributed by atoms with E-state index in [1.165, 1.54) is 13.2 Å². The zero-order valence-corrected chi connectivity index (χ0v) is 6.57. The van der Waals surface area contributed by atoms with E-state index in [0.717, 1.165) is 6.42 Å². The Morgan fingerprint density at radius 2 is 2.36 bits per heavy atom. The highest BCUT2D eigenvalue weighted by atomic mass is 16.5. The van der Waals surface area contributed by atoms with Crippen LogP contribution in [0.2, 0.25) is 0 Å². The Morgan fingerprint density at radius 3 is 2.73 bits per heavy atom. The second-order valence-corrected chi connectivity index (χ2v) is 1.79. The molecular weight excluding hydrogens is 144 g/mol. The number of methoxy groups -OCH3 is 1. The van der Waals surface area contributed by atoms with Gasteiger partial charge in [0.05, 0.1) is 7.11 Å². The zero-order valence-electron chi connectivity index (χ0n) is 6.57. The smallest absolute Gasteiger partial charge is 0.421 e. The van der Waals surface area contributed by atoms with Gasteiger partial charge < -0.3 is 10.3 Å². The fourth-order valence-electron chi connectivity index (χ4n) is 0.476. The van der Waals surface area contributed by atoms with Crippen molar-refractivity contribution in [1.82, 2.24) is 0 Å². The molecule has 0 unspecified atom stereocenters. The first-order valence-corrected chi connectivity index (χ1v) is 3.23. The highest BCUT2D eigenvalue weighted by Crippen LogP contribution is 1.84. The molecule has 0 aliphatic rings. The standard InChI is InChI=1S/C7H10N2O2/c1-3-4-5-6(9-8)7(10)11-2/h4-5H,3H2,1-2H3/b5-4-. The van der Waals surface area contributed by atoms with Gasteiger partial charge in [0.2, 0.25) is 0 Å². The number of esters is 1. The van der Waals surface area contributed by atoms with Crippen LogP contribution in [0.5, 0.6) is 0 Å². The summed E-state index contributed by atoms with van der Waals surface area (Å²) < 4.78 is 4.32. The van der Waals surface area contributed by atoms with Gasteiger partial charge in [-0.3, -0.25) is 0 Å². The normalized spacial score (nSPS) is 9.27. The van der Waals surface area contributed by atoms with Gasteiger partial charge in [-0.05, 0) is 6.42 Å². The van der Waals surface area contributed by atoms with Crippen molar-refractivity contribution in [2.45, 2.75) is 13.3 Å². The molecule has 0 radical (unpaired) electrons. The molecule has 0 saturated carbocycles. The molecule has 11 heavy (non-hydrogen) atoms. The van der Waals surface area contributed by atoms with E-state index >= 15 is 0 Å². The highest BCUT2D eigenvalue weighted by Gasteiger charge is 2.15. The molecule has 0 saturated heterocycles. The predicted octanol–water partition coefficient (Wildman–Crippen LogP) is 0.796. The average molecular weight is 154 g/mol. The lowest BCUT2D eigenvalue weighted by atomic mass is 10.3. The van der Waals surface area contributed by atoms with E-state index in [1.54, 1.807) is 6.08 Å². The van der Waals surface area contributed by atoms with Gasteiger partial charge in [0.15, 0.2) is 0 Å². The van der Waals surface area contributed by atoms with Crippen LogP contribution in [0.3, 0.4) is 0 Å². The molecule has 60 valence electrons. The molecular formula is C7H10N2O2. The number of allylic oxidation sites excluding steroid dienone is 1. The van der Waals surface area contributed by atoms with Gasteiger partial charge in [-0.2, -0.15) is 4.79 Å². The van der Waals surface area contributed by atoms with E-state index in [-0.39, 0.29) is 5.71 Å². The Labute approximate surface area is 65.1 Å². The Morgan fingerprint density at radius 1 is 1.73 bits per heavy atom. The molecule has 0 aliphatic carbocycles. The third-order valence-electron chi connectivity index (χ3n) is 1.01. The number of nitrogens with zero attached hydrogens (tertiary/aromatic N) is 2. The molecule has 0 N–H and O–H groups in total. The van der Waals surface area contributed by atoms with E-state index in [2.05, 4.69) is 9.53 Å². The minimum atomic E-state index is -0.641. The van der Waals surface area contributed by atoms with Crippen LogP contribution in [-0.4, -0.2) is 23.6 Å². The zero-order chi connectivity index (χ0) is 8.69. The summed E-state index contributed by atoms with van der Waals surface area (Å²) in [7, 11) is 1.23. The monoisotopic (exact) mass is 154 g/mol. The third kappa shape index (κ3) is 3.33. The first kappa shape index (κ1) is 9.59. The first-order valence-electron chi connectivity index (χ1n) is 3.23. The SMILES string of the molecule is CC/C=C\C(=[N+]=[N-])C(=O)OC. The fourth-order valence-corrected chi connectivity index (χ4v) is 0.476. The van der Waals surface area contributed by atoms with Gasteiger partial charge in [-0.25, -0.2) is 4.79 Å². The van der Waals surface area contributed by atoms with Crippen molar-refractivity contribution in [1.29, 1.82) is 0 Å². The minimum Gasteiger partial charge on any atom is -0.460 e. The first-order chi connectivity index (χ1) is 5.26. The lowest BCUT2D eigenvalue weighted by Gasteiger charge is -1.86. The number of carbonyl (C=O) groups is 1. The van der Waals surface area contributed by atoms with E-state index in [4.69, 9.17) is 5.53 Å². The second-order valence-electron chi connectivity index (χ2n) is 1.79. The number of ether oxygens (including phenoxy) is 1. The van der Waals surface area contributed by atoms with E-state index in [0.29, 0.717) is 0 Å². The van der Waals surface area contributed by atoms with Gasteiger partial charge in [0.1, 0.15) is 0 Å². The van der Waals surface area contributed by atoms with Crippen LogP contribution in [0, 0.1) is 0 Å². The molecule has 0 aliphatic heterocycles. The van der Waals surface area contributed by atoms with Gasteiger partial charge in [0, 0.05) is 6.08 Å². The van der Waals surface area contributed by atoms with Crippen LogP contribution in [0.1, 0.15) is 13.3 Å². The summed E-state index contributed by atoms with van der Waals surface area (Å²) in [6.45, 7) is 1.91. The summed E-state index contributed by atoms with van der Waals surface area (Å²) in [5, 5.41) is 0. The molecule has 0 aromatic heterocycles.